The molecule has 0 bridgehead atoms. The number of benzene rings is 1. The number of likely N-dealkylation sites (tertiary alicyclic amines) is 1. The topological polar surface area (TPSA) is 177 Å². The van der Waals surface area contributed by atoms with Crippen LogP contribution in [0.4, 0.5) is 10.5 Å². The van der Waals surface area contributed by atoms with Gasteiger partial charge in [0, 0.05) is 24.6 Å². The average Bonchev–Trinajstić information content (AvgIpc) is 3.38. The number of nitrogens with zero attached hydrogens (tertiary/aromatic N) is 2. The number of hydrogen-bond acceptors (Lipinski definition) is 8. The van der Waals surface area contributed by atoms with Crippen LogP contribution in [0.15, 0.2) is 36.9 Å². The molecule has 4 amide bonds. The molecule has 0 saturated carbocycles. The maximum atomic E-state index is 13.9. The van der Waals surface area contributed by atoms with Gasteiger partial charge in [0.15, 0.2) is 0 Å². The van der Waals surface area contributed by atoms with Gasteiger partial charge in [-0.15, -0.1) is 6.58 Å². The summed E-state index contributed by atoms with van der Waals surface area (Å²) >= 11 is 0. The second-order valence-corrected chi connectivity index (χ2v) is 12.1. The molecule has 3 N–H and O–H groups in total. The lowest BCUT2D eigenvalue weighted by Crippen LogP contribution is -2.60. The Labute approximate surface area is 253 Å². The maximum Gasteiger partial charge on any atom is 0.413 e. The Balaban J connectivity index is 2.29. The van der Waals surface area contributed by atoms with E-state index < -0.39 is 64.0 Å². The number of carbonyl (C=O) groups excluding carboxylic acids is 5. The zero-order valence-electron chi connectivity index (χ0n) is 25.3. The van der Waals surface area contributed by atoms with E-state index in [2.05, 4.69) is 22.3 Å². The number of ether oxygens (including phenoxy) is 1. The van der Waals surface area contributed by atoms with Crippen molar-refractivity contribution in [3.8, 4) is 5.75 Å². The number of Topliss-reactive ketones (excluding diaryl/α,β-unsaturated/α-hetero) is 1. The van der Waals surface area contributed by atoms with Crippen molar-refractivity contribution >= 4 is 44.7 Å². The number of non-ortho nitro benzene ring substituents is 1. The van der Waals surface area contributed by atoms with Gasteiger partial charge in [0.2, 0.25) is 17.6 Å². The molecule has 13 nitrogen and oxygen atoms in total. The van der Waals surface area contributed by atoms with Crippen LogP contribution in [0.1, 0.15) is 60.3 Å². The first-order valence-corrected chi connectivity index (χ1v) is 14.7. The molecule has 3 unspecified atom stereocenters. The van der Waals surface area contributed by atoms with Crippen molar-refractivity contribution in [2.24, 2.45) is 17.3 Å². The van der Waals surface area contributed by atoms with Gasteiger partial charge in [-0.05, 0) is 45.7 Å². The van der Waals surface area contributed by atoms with Gasteiger partial charge in [-0.2, -0.15) is 0 Å². The molecule has 43 heavy (non-hydrogen) atoms. The molecule has 236 valence electrons. The molecule has 1 heterocycles. The van der Waals surface area contributed by atoms with Crippen molar-refractivity contribution in [3.05, 3.63) is 47.0 Å². The minimum absolute atomic E-state index is 0.0379. The third-order valence-electron chi connectivity index (χ3n) is 7.34. The number of carbonyl (C=O) groups is 5. The van der Waals surface area contributed by atoms with Gasteiger partial charge in [-0.3, -0.25) is 29.3 Å². The van der Waals surface area contributed by atoms with Crippen molar-refractivity contribution in [2.75, 3.05) is 6.54 Å². The van der Waals surface area contributed by atoms with E-state index in [1.54, 1.807) is 26.8 Å². The molecule has 14 heteroatoms. The Kier molecular flexibility index (Phi) is 12.8. The summed E-state index contributed by atoms with van der Waals surface area (Å²) in [7, 11) is 1.98. The second-order valence-electron chi connectivity index (χ2n) is 11.8. The van der Waals surface area contributed by atoms with E-state index >= 15 is 0 Å². The van der Waals surface area contributed by atoms with Gasteiger partial charge in [0.1, 0.15) is 17.8 Å². The number of hydrogen-bond donors (Lipinski definition) is 3. The van der Waals surface area contributed by atoms with Gasteiger partial charge < -0.3 is 25.4 Å². The molecule has 0 aliphatic carbocycles. The van der Waals surface area contributed by atoms with Crippen LogP contribution in [0.5, 0.6) is 5.75 Å². The number of nitrogens with one attached hydrogen (secondary N) is 3. The van der Waals surface area contributed by atoms with Gasteiger partial charge in [0.05, 0.1) is 11.0 Å². The fourth-order valence-corrected chi connectivity index (χ4v) is 5.22. The third kappa shape index (κ3) is 9.57. The number of nitro benzene ring substituents is 1. The van der Waals surface area contributed by atoms with Crippen molar-refractivity contribution in [1.82, 2.24) is 20.6 Å². The average molecular weight is 620 g/mol. The molecule has 1 aromatic carbocycles. The number of rotatable bonds is 13. The Morgan fingerprint density at radius 3 is 2.33 bits per heavy atom. The lowest BCUT2D eigenvalue weighted by Gasteiger charge is -2.36. The number of amides is 4. The van der Waals surface area contributed by atoms with E-state index in [-0.39, 0.29) is 30.3 Å². The van der Waals surface area contributed by atoms with Crippen molar-refractivity contribution in [1.29, 1.82) is 0 Å². The monoisotopic (exact) mass is 619 g/mol. The lowest BCUT2D eigenvalue weighted by molar-refractivity contribution is -0.384. The van der Waals surface area contributed by atoms with Crippen LogP contribution in [-0.2, 0) is 19.2 Å². The summed E-state index contributed by atoms with van der Waals surface area (Å²) in [4.78, 5) is 77.1. The minimum Gasteiger partial charge on any atom is -0.410 e. The molecular formula is C29H42N5O8P. The molecule has 0 aromatic heterocycles. The Morgan fingerprint density at radius 2 is 1.81 bits per heavy atom. The molecule has 6 atom stereocenters. The largest absolute Gasteiger partial charge is 0.413 e. The van der Waals surface area contributed by atoms with Gasteiger partial charge in [-0.1, -0.05) is 53.5 Å². The summed E-state index contributed by atoms with van der Waals surface area (Å²) in [6.45, 7) is 13.2. The Bertz CT molecular complexity index is 1220. The highest BCUT2D eigenvalue weighted by molar-refractivity contribution is 7.15. The maximum absolute atomic E-state index is 13.9. The first-order valence-electron chi connectivity index (χ1n) is 14.2. The van der Waals surface area contributed by atoms with Crippen LogP contribution in [0.25, 0.3) is 0 Å². The predicted octanol–water partition coefficient (Wildman–Crippen LogP) is 3.29. The fraction of sp³-hybridized carbons (Fsp3) is 0.552. The molecular weight excluding hydrogens is 577 g/mol. The normalized spacial score (nSPS) is 18.5. The van der Waals surface area contributed by atoms with Crippen molar-refractivity contribution in [3.63, 3.8) is 0 Å². The molecule has 0 spiro atoms. The summed E-state index contributed by atoms with van der Waals surface area (Å²) in [6, 6.07) is 1.64. The zero-order chi connectivity index (χ0) is 32.5. The highest BCUT2D eigenvalue weighted by Gasteiger charge is 2.46. The fourth-order valence-electron chi connectivity index (χ4n) is 5.08. The van der Waals surface area contributed by atoms with E-state index in [9.17, 15) is 34.1 Å². The minimum atomic E-state index is -1.12. The van der Waals surface area contributed by atoms with Gasteiger partial charge >= 0.3 is 6.09 Å². The van der Waals surface area contributed by atoms with Gasteiger partial charge in [-0.25, -0.2) is 4.79 Å². The zero-order valence-corrected chi connectivity index (χ0v) is 26.4. The van der Waals surface area contributed by atoms with E-state index in [1.807, 2.05) is 23.2 Å². The summed E-state index contributed by atoms with van der Waals surface area (Å²) in [5.41, 5.74) is -0.993. The SMILES string of the molecule is C=C[C@H]1CCN(C(=O)[C@@H](NC(=O)Oc2ccc([N+](=O)[O-])cc2)C(C)(C)C)[C@@H]1C(=O)NC(CC(C)CCC)C(=O)C(=O)NP. The predicted molar refractivity (Wildman–Crippen MR) is 163 cm³/mol. The highest BCUT2D eigenvalue weighted by Crippen LogP contribution is 2.30. The van der Waals surface area contributed by atoms with E-state index in [0.717, 1.165) is 12.8 Å². The summed E-state index contributed by atoms with van der Waals surface area (Å²) < 4.78 is 5.26. The van der Waals surface area contributed by atoms with Gasteiger partial charge in [0.25, 0.3) is 11.6 Å². The quantitative estimate of drug-likeness (QED) is 0.0990. The molecule has 1 aliphatic rings. The molecule has 0 radical (unpaired) electrons. The van der Waals surface area contributed by atoms with E-state index in [1.165, 1.54) is 29.2 Å². The third-order valence-corrected chi connectivity index (χ3v) is 7.60. The molecule has 1 aliphatic heterocycles. The summed E-state index contributed by atoms with van der Waals surface area (Å²) in [5, 5.41) is 18.4. The Morgan fingerprint density at radius 1 is 1.19 bits per heavy atom. The van der Waals surface area contributed by atoms with E-state index in [4.69, 9.17) is 4.74 Å². The smallest absolute Gasteiger partial charge is 0.410 e. The number of nitro groups is 1. The van der Waals surface area contributed by atoms with Crippen LogP contribution in [0, 0.1) is 27.4 Å². The van der Waals surface area contributed by atoms with Crippen LogP contribution in [-0.4, -0.2) is 64.1 Å². The van der Waals surface area contributed by atoms with Crippen molar-refractivity contribution < 1.29 is 33.6 Å². The lowest BCUT2D eigenvalue weighted by atomic mass is 9.85. The molecule has 1 fully saturated rings. The summed E-state index contributed by atoms with van der Waals surface area (Å²) in [6.07, 6.45) is 2.95. The first kappa shape index (κ1) is 35.3. The second kappa shape index (κ2) is 15.6. The van der Waals surface area contributed by atoms with Crippen LogP contribution in [0.3, 0.4) is 0 Å². The highest BCUT2D eigenvalue weighted by atomic mass is 31.0. The van der Waals surface area contributed by atoms with Crippen LogP contribution >= 0.6 is 9.39 Å². The molecule has 1 aromatic rings. The van der Waals surface area contributed by atoms with Crippen LogP contribution in [0.2, 0.25) is 0 Å². The standard InChI is InChI=1S/C29H42N5O8P/c1-7-9-17(3)16-21(23(35)26(37)32-43)30-25(36)22-18(8-2)14-15-33(22)27(38)24(29(4,5)6)31-28(39)42-20-12-10-19(11-13-20)34(40)41/h8,10-13,17-18,21-22,24H,2,7,9,14-16,43H2,1,3-6H3,(H,30,36)(H,31,39)(H,32,37)/t17?,18-,21?,22-,24+/m0/s1. The van der Waals surface area contributed by atoms with Crippen LogP contribution < -0.4 is 20.5 Å². The Hall–Kier alpha value is -3.86. The van der Waals surface area contributed by atoms with Crippen molar-refractivity contribution in [2.45, 2.75) is 78.4 Å². The molecule has 2 rings (SSSR count). The number of ketones is 1. The summed E-state index contributed by atoms with van der Waals surface area (Å²) in [5.74, 6) is -3.14. The van der Waals surface area contributed by atoms with E-state index in [0.29, 0.717) is 6.42 Å². The first-order chi connectivity index (χ1) is 20.1. The molecule has 1 saturated heterocycles.